The van der Waals surface area contributed by atoms with Crippen molar-refractivity contribution in [2.45, 2.75) is 44.6 Å². The molecule has 0 saturated heterocycles. The molecular weight excluding hydrogens is 242 g/mol. The number of carboxylic acid groups (broad SMARTS) is 1. The van der Waals surface area contributed by atoms with E-state index in [0.717, 1.165) is 24.0 Å². The minimum atomic E-state index is -0.895. The Morgan fingerprint density at radius 1 is 1.42 bits per heavy atom. The molecule has 0 spiro atoms. The van der Waals surface area contributed by atoms with E-state index in [0.29, 0.717) is 0 Å². The molecule has 1 aromatic carbocycles. The first-order valence-corrected chi connectivity index (χ1v) is 6.54. The van der Waals surface area contributed by atoms with Crippen LogP contribution in [0.25, 0.3) is 0 Å². The van der Waals surface area contributed by atoms with E-state index in [1.807, 2.05) is 31.2 Å². The van der Waals surface area contributed by atoms with Crippen LogP contribution in [0.1, 0.15) is 37.3 Å². The van der Waals surface area contributed by atoms with Gasteiger partial charge in [0.2, 0.25) is 5.91 Å². The Morgan fingerprint density at radius 2 is 2.11 bits per heavy atom. The summed E-state index contributed by atoms with van der Waals surface area (Å²) < 4.78 is 0. The molecule has 2 rings (SSSR count). The van der Waals surface area contributed by atoms with Crippen LogP contribution < -0.4 is 5.32 Å². The van der Waals surface area contributed by atoms with Crippen LogP contribution in [-0.2, 0) is 15.0 Å². The maximum Gasteiger partial charge on any atom is 0.305 e. The van der Waals surface area contributed by atoms with Crippen molar-refractivity contribution >= 4 is 11.9 Å². The quantitative estimate of drug-likeness (QED) is 0.852. The lowest BCUT2D eigenvalue weighted by Gasteiger charge is -2.19. The Morgan fingerprint density at radius 3 is 2.63 bits per heavy atom. The van der Waals surface area contributed by atoms with Crippen LogP contribution in [0.3, 0.4) is 0 Å². The molecule has 2 N–H and O–H groups in total. The van der Waals surface area contributed by atoms with Crippen LogP contribution in [0.4, 0.5) is 0 Å². The predicted octanol–water partition coefficient (Wildman–Crippen LogP) is 2.01. The fourth-order valence-electron chi connectivity index (χ4n) is 2.39. The predicted molar refractivity (Wildman–Crippen MR) is 71.9 cm³/mol. The molecule has 0 bridgehead atoms. The summed E-state index contributed by atoms with van der Waals surface area (Å²) in [5.41, 5.74) is 1.74. The molecule has 1 fully saturated rings. The fourth-order valence-corrected chi connectivity index (χ4v) is 2.39. The monoisotopic (exact) mass is 261 g/mol. The van der Waals surface area contributed by atoms with Gasteiger partial charge in [-0.25, -0.2) is 0 Å². The minimum absolute atomic E-state index is 0.0460. The van der Waals surface area contributed by atoms with Gasteiger partial charge in [-0.15, -0.1) is 0 Å². The van der Waals surface area contributed by atoms with E-state index in [2.05, 4.69) is 5.32 Å². The summed E-state index contributed by atoms with van der Waals surface area (Å²) >= 11 is 0. The number of nitrogens with one attached hydrogen (secondary N) is 1. The number of aliphatic carboxylic acids is 1. The van der Waals surface area contributed by atoms with Crippen molar-refractivity contribution in [2.75, 3.05) is 0 Å². The van der Waals surface area contributed by atoms with E-state index < -0.39 is 11.4 Å². The molecule has 4 nitrogen and oxygen atoms in total. The number of carbonyl (C=O) groups is 2. The van der Waals surface area contributed by atoms with Crippen molar-refractivity contribution in [1.29, 1.82) is 0 Å². The minimum Gasteiger partial charge on any atom is -0.481 e. The van der Waals surface area contributed by atoms with Gasteiger partial charge in [0.25, 0.3) is 0 Å². The van der Waals surface area contributed by atoms with Gasteiger partial charge in [0.15, 0.2) is 0 Å². The van der Waals surface area contributed by atoms with Crippen LogP contribution in [0.5, 0.6) is 0 Å². The summed E-state index contributed by atoms with van der Waals surface area (Å²) in [6, 6.07) is 7.63. The first-order valence-electron chi connectivity index (χ1n) is 6.54. The number of carboxylic acids is 1. The van der Waals surface area contributed by atoms with Crippen molar-refractivity contribution in [2.24, 2.45) is 0 Å². The summed E-state index contributed by atoms with van der Waals surface area (Å²) in [5.74, 6) is -0.944. The second-order valence-electron chi connectivity index (χ2n) is 5.42. The molecule has 102 valence electrons. The van der Waals surface area contributed by atoms with Gasteiger partial charge in [-0.2, -0.15) is 0 Å². The van der Waals surface area contributed by atoms with Gasteiger partial charge in [0, 0.05) is 6.04 Å². The van der Waals surface area contributed by atoms with E-state index in [4.69, 9.17) is 5.11 Å². The SMILES string of the molecule is Cc1cccc(C2(C(=O)NC(C)CC(=O)O)CC2)c1. The topological polar surface area (TPSA) is 66.4 Å². The molecular formula is C15H19NO3. The van der Waals surface area contributed by atoms with E-state index in [9.17, 15) is 9.59 Å². The number of hydrogen-bond acceptors (Lipinski definition) is 2. The fraction of sp³-hybridized carbons (Fsp3) is 0.467. The third-order valence-electron chi connectivity index (χ3n) is 3.61. The summed E-state index contributed by atoms with van der Waals surface area (Å²) in [5, 5.41) is 11.5. The van der Waals surface area contributed by atoms with E-state index in [-0.39, 0.29) is 18.4 Å². The Labute approximate surface area is 112 Å². The first kappa shape index (κ1) is 13.6. The van der Waals surface area contributed by atoms with Crippen LogP contribution in [0, 0.1) is 6.92 Å². The average molecular weight is 261 g/mol. The van der Waals surface area contributed by atoms with Crippen LogP contribution in [0.2, 0.25) is 0 Å². The zero-order valence-corrected chi connectivity index (χ0v) is 11.3. The molecule has 1 amide bonds. The molecule has 19 heavy (non-hydrogen) atoms. The molecule has 0 heterocycles. The molecule has 1 aromatic rings. The highest BCUT2D eigenvalue weighted by Gasteiger charge is 2.51. The summed E-state index contributed by atoms with van der Waals surface area (Å²) in [6.45, 7) is 3.73. The molecule has 0 aliphatic heterocycles. The largest absolute Gasteiger partial charge is 0.481 e. The van der Waals surface area contributed by atoms with Gasteiger partial charge in [0.1, 0.15) is 0 Å². The van der Waals surface area contributed by atoms with Gasteiger partial charge in [-0.05, 0) is 32.3 Å². The maximum absolute atomic E-state index is 12.3. The highest BCUT2D eigenvalue weighted by molar-refractivity contribution is 5.91. The Balaban J connectivity index is 2.08. The number of hydrogen-bond donors (Lipinski definition) is 2. The standard InChI is InChI=1S/C15H19NO3/c1-10-4-3-5-12(8-10)15(6-7-15)14(19)16-11(2)9-13(17)18/h3-5,8,11H,6-7,9H2,1-2H3,(H,16,19)(H,17,18). The molecule has 0 aromatic heterocycles. The van der Waals surface area contributed by atoms with E-state index >= 15 is 0 Å². The molecule has 1 aliphatic rings. The van der Waals surface area contributed by atoms with Gasteiger partial charge in [0.05, 0.1) is 11.8 Å². The smallest absolute Gasteiger partial charge is 0.305 e. The number of benzene rings is 1. The highest BCUT2D eigenvalue weighted by Crippen LogP contribution is 2.48. The lowest BCUT2D eigenvalue weighted by molar-refractivity contribution is -0.137. The lowest BCUT2D eigenvalue weighted by atomic mass is 9.93. The summed E-state index contributed by atoms with van der Waals surface area (Å²) in [4.78, 5) is 22.9. The van der Waals surface area contributed by atoms with Crippen LogP contribution in [0.15, 0.2) is 24.3 Å². The Bertz CT molecular complexity index is 506. The van der Waals surface area contributed by atoms with Gasteiger partial charge >= 0.3 is 5.97 Å². The molecule has 1 saturated carbocycles. The molecule has 4 heteroatoms. The maximum atomic E-state index is 12.3. The zero-order chi connectivity index (χ0) is 14.0. The van der Waals surface area contributed by atoms with Crippen LogP contribution in [-0.4, -0.2) is 23.0 Å². The third kappa shape index (κ3) is 2.95. The van der Waals surface area contributed by atoms with Crippen LogP contribution >= 0.6 is 0 Å². The van der Waals surface area contributed by atoms with Gasteiger partial charge < -0.3 is 10.4 Å². The van der Waals surface area contributed by atoms with Crippen molar-refractivity contribution in [3.05, 3.63) is 35.4 Å². The van der Waals surface area contributed by atoms with Gasteiger partial charge in [-0.3, -0.25) is 9.59 Å². The summed E-state index contributed by atoms with van der Waals surface area (Å²) in [6.07, 6.45) is 1.62. The highest BCUT2D eigenvalue weighted by atomic mass is 16.4. The second kappa shape index (κ2) is 5.03. The first-order chi connectivity index (χ1) is 8.94. The van der Waals surface area contributed by atoms with Crippen molar-refractivity contribution in [3.63, 3.8) is 0 Å². The Kier molecular flexibility index (Phi) is 3.60. The number of rotatable bonds is 5. The lowest BCUT2D eigenvalue weighted by Crippen LogP contribution is -2.41. The number of amides is 1. The van der Waals surface area contributed by atoms with E-state index in [1.165, 1.54) is 0 Å². The third-order valence-corrected chi connectivity index (χ3v) is 3.61. The average Bonchev–Trinajstić information content (AvgIpc) is 3.08. The van der Waals surface area contributed by atoms with Crippen molar-refractivity contribution < 1.29 is 14.7 Å². The van der Waals surface area contributed by atoms with Crippen molar-refractivity contribution in [1.82, 2.24) is 5.32 Å². The second-order valence-corrected chi connectivity index (χ2v) is 5.42. The number of carbonyl (C=O) groups excluding carboxylic acids is 1. The summed E-state index contributed by atoms with van der Waals surface area (Å²) in [7, 11) is 0. The zero-order valence-electron chi connectivity index (χ0n) is 11.3. The Hall–Kier alpha value is -1.84. The number of aryl methyl sites for hydroxylation is 1. The normalized spacial score (nSPS) is 17.6. The van der Waals surface area contributed by atoms with E-state index in [1.54, 1.807) is 6.92 Å². The molecule has 0 radical (unpaired) electrons. The molecule has 1 atom stereocenters. The van der Waals surface area contributed by atoms with Crippen molar-refractivity contribution in [3.8, 4) is 0 Å². The molecule has 1 aliphatic carbocycles. The molecule has 1 unspecified atom stereocenters. The van der Waals surface area contributed by atoms with Gasteiger partial charge in [-0.1, -0.05) is 29.8 Å².